The van der Waals surface area contributed by atoms with Crippen molar-refractivity contribution in [1.29, 1.82) is 0 Å². The number of nitrogens with zero attached hydrogens (tertiary/aromatic N) is 4. The van der Waals surface area contributed by atoms with Crippen LogP contribution < -0.4 is 10.2 Å². The monoisotopic (exact) mass is 344 g/mol. The van der Waals surface area contributed by atoms with Crippen LogP contribution in [0.1, 0.15) is 5.56 Å². The van der Waals surface area contributed by atoms with E-state index < -0.39 is 0 Å². The molecule has 2 aromatic carbocycles. The number of para-hydroxylation sites is 2. The van der Waals surface area contributed by atoms with Gasteiger partial charge in [-0.15, -0.1) is 0 Å². The Hall–Kier alpha value is -3.74. The van der Waals surface area contributed by atoms with Gasteiger partial charge in [0.2, 0.25) is 0 Å². The third kappa shape index (κ3) is 3.23. The first-order chi connectivity index (χ1) is 12.8. The first-order valence-electron chi connectivity index (χ1n) is 8.02. The van der Waals surface area contributed by atoms with Gasteiger partial charge >= 0.3 is 0 Å². The minimum absolute atomic E-state index is 0.578. The van der Waals surface area contributed by atoms with Crippen molar-refractivity contribution in [3.8, 4) is 17.0 Å². The molecular weight excluding hydrogens is 328 g/mol. The van der Waals surface area contributed by atoms with Crippen molar-refractivity contribution in [1.82, 2.24) is 20.2 Å². The van der Waals surface area contributed by atoms with E-state index in [-0.39, 0.29) is 0 Å². The molecule has 0 saturated carbocycles. The fourth-order valence-corrected chi connectivity index (χ4v) is 2.56. The Morgan fingerprint density at radius 3 is 2.65 bits per heavy atom. The molecule has 0 aliphatic carbocycles. The zero-order valence-electron chi connectivity index (χ0n) is 14.0. The van der Waals surface area contributed by atoms with E-state index in [9.17, 15) is 0 Å². The van der Waals surface area contributed by atoms with Gasteiger partial charge in [-0.2, -0.15) is 10.2 Å². The van der Waals surface area contributed by atoms with Crippen LogP contribution >= 0.6 is 0 Å². The van der Waals surface area contributed by atoms with Crippen LogP contribution in [-0.4, -0.2) is 33.5 Å². The van der Waals surface area contributed by atoms with Gasteiger partial charge in [0.1, 0.15) is 5.75 Å². The van der Waals surface area contributed by atoms with Gasteiger partial charge < -0.3 is 4.74 Å². The van der Waals surface area contributed by atoms with Crippen LogP contribution in [0.4, 0.5) is 5.82 Å². The van der Waals surface area contributed by atoms with Crippen molar-refractivity contribution in [3.05, 3.63) is 66.5 Å². The lowest BCUT2D eigenvalue weighted by atomic mass is 10.1. The van der Waals surface area contributed by atoms with Gasteiger partial charge in [-0.05, 0) is 36.4 Å². The second-order valence-electron chi connectivity index (χ2n) is 5.54. The predicted octanol–water partition coefficient (Wildman–Crippen LogP) is 3.47. The lowest BCUT2D eigenvalue weighted by Crippen LogP contribution is -1.95. The summed E-state index contributed by atoms with van der Waals surface area (Å²) in [6.45, 7) is 0. The number of benzene rings is 2. The second-order valence-corrected chi connectivity index (χ2v) is 5.54. The van der Waals surface area contributed by atoms with Gasteiger partial charge in [-0.3, -0.25) is 15.5 Å². The molecule has 4 rings (SSSR count). The van der Waals surface area contributed by atoms with Gasteiger partial charge in [0, 0.05) is 11.1 Å². The number of rotatable bonds is 5. The molecule has 2 N–H and O–H groups in total. The highest BCUT2D eigenvalue weighted by Gasteiger charge is 2.06. The molecule has 0 radical (unpaired) electrons. The SMILES string of the molecule is COc1ccc(-c2[nH]ncc2C=NNc2cnc3ccccc3n2)cc1. The molecule has 0 unspecified atom stereocenters. The topological polar surface area (TPSA) is 88.1 Å². The second kappa shape index (κ2) is 7.02. The van der Waals surface area contributed by atoms with E-state index in [1.165, 1.54) is 0 Å². The summed E-state index contributed by atoms with van der Waals surface area (Å²) in [7, 11) is 1.64. The fourth-order valence-electron chi connectivity index (χ4n) is 2.56. The Kier molecular flexibility index (Phi) is 4.26. The molecule has 7 nitrogen and oxygen atoms in total. The van der Waals surface area contributed by atoms with Crippen molar-refractivity contribution in [3.63, 3.8) is 0 Å². The molecule has 26 heavy (non-hydrogen) atoms. The number of methoxy groups -OCH3 is 1. The highest BCUT2D eigenvalue weighted by atomic mass is 16.5. The average molecular weight is 344 g/mol. The first kappa shape index (κ1) is 15.8. The molecule has 128 valence electrons. The number of fused-ring (bicyclic) bond motifs is 1. The Labute approximate surface area is 149 Å². The Morgan fingerprint density at radius 2 is 1.85 bits per heavy atom. The quantitative estimate of drug-likeness (QED) is 0.427. The molecule has 0 atom stereocenters. The molecule has 7 heteroatoms. The summed E-state index contributed by atoms with van der Waals surface area (Å²) in [6.07, 6.45) is 5.07. The normalized spacial score (nSPS) is 11.1. The van der Waals surface area contributed by atoms with Crippen molar-refractivity contribution in [2.24, 2.45) is 5.10 Å². The molecule has 2 aromatic heterocycles. The minimum atomic E-state index is 0.578. The Morgan fingerprint density at radius 1 is 1.04 bits per heavy atom. The number of hydrazone groups is 1. The van der Waals surface area contributed by atoms with Crippen LogP contribution in [0.25, 0.3) is 22.3 Å². The number of aromatic amines is 1. The minimum Gasteiger partial charge on any atom is -0.497 e. The summed E-state index contributed by atoms with van der Waals surface area (Å²) in [5, 5.41) is 11.3. The standard InChI is InChI=1S/C19H16N6O/c1-26-15-8-6-13(7-9-15)19-14(11-22-25-19)10-21-24-18-12-20-16-4-2-3-5-17(16)23-18/h2-12H,1H3,(H,22,25)(H,23,24). The first-order valence-corrected chi connectivity index (χ1v) is 8.02. The number of H-pyrrole nitrogens is 1. The lowest BCUT2D eigenvalue weighted by Gasteiger charge is -2.03. The summed E-state index contributed by atoms with van der Waals surface area (Å²) in [5.74, 6) is 1.38. The summed E-state index contributed by atoms with van der Waals surface area (Å²) < 4.78 is 5.19. The molecule has 0 aliphatic heterocycles. The van der Waals surface area contributed by atoms with Crippen LogP contribution in [0.3, 0.4) is 0 Å². The maximum absolute atomic E-state index is 5.19. The fraction of sp³-hybridized carbons (Fsp3) is 0.0526. The van der Waals surface area contributed by atoms with Crippen LogP contribution in [0, 0.1) is 0 Å². The van der Waals surface area contributed by atoms with Crippen LogP contribution in [0.2, 0.25) is 0 Å². The maximum Gasteiger partial charge on any atom is 0.165 e. The van der Waals surface area contributed by atoms with E-state index in [1.54, 1.807) is 25.7 Å². The van der Waals surface area contributed by atoms with Crippen molar-refractivity contribution in [2.45, 2.75) is 0 Å². The third-order valence-corrected chi connectivity index (χ3v) is 3.88. The van der Waals surface area contributed by atoms with Gasteiger partial charge in [-0.25, -0.2) is 4.98 Å². The number of anilines is 1. The van der Waals surface area contributed by atoms with Crippen LogP contribution in [0.5, 0.6) is 5.75 Å². The van der Waals surface area contributed by atoms with Gasteiger partial charge in [0.25, 0.3) is 0 Å². The number of aromatic nitrogens is 4. The molecule has 2 heterocycles. The molecule has 0 saturated heterocycles. The van der Waals surface area contributed by atoms with E-state index in [1.807, 2.05) is 48.5 Å². The van der Waals surface area contributed by atoms with Gasteiger partial charge in [0.15, 0.2) is 5.82 Å². The molecule has 0 aliphatic rings. The van der Waals surface area contributed by atoms with E-state index in [0.29, 0.717) is 5.82 Å². The Bertz CT molecular complexity index is 1060. The molecule has 4 aromatic rings. The largest absolute Gasteiger partial charge is 0.497 e. The maximum atomic E-state index is 5.19. The summed E-state index contributed by atoms with van der Waals surface area (Å²) in [4.78, 5) is 8.82. The van der Waals surface area contributed by atoms with Gasteiger partial charge in [0.05, 0.1) is 42.4 Å². The molecule has 0 amide bonds. The van der Waals surface area contributed by atoms with E-state index in [0.717, 1.165) is 33.6 Å². The van der Waals surface area contributed by atoms with Crippen molar-refractivity contribution >= 4 is 23.1 Å². The van der Waals surface area contributed by atoms with Crippen molar-refractivity contribution < 1.29 is 4.74 Å². The van der Waals surface area contributed by atoms with Crippen molar-refractivity contribution in [2.75, 3.05) is 12.5 Å². The summed E-state index contributed by atoms with van der Waals surface area (Å²) in [5.41, 5.74) is 7.30. The zero-order valence-corrected chi connectivity index (χ0v) is 14.0. The average Bonchev–Trinajstić information content (AvgIpc) is 3.16. The van der Waals surface area contributed by atoms with E-state index >= 15 is 0 Å². The predicted molar refractivity (Wildman–Crippen MR) is 101 cm³/mol. The third-order valence-electron chi connectivity index (χ3n) is 3.88. The number of hydrogen-bond acceptors (Lipinski definition) is 6. The smallest absolute Gasteiger partial charge is 0.165 e. The lowest BCUT2D eigenvalue weighted by molar-refractivity contribution is 0.415. The van der Waals surface area contributed by atoms with Crippen LogP contribution in [-0.2, 0) is 0 Å². The molecular formula is C19H16N6O. The highest BCUT2D eigenvalue weighted by Crippen LogP contribution is 2.22. The van der Waals surface area contributed by atoms with E-state index in [4.69, 9.17) is 4.74 Å². The highest BCUT2D eigenvalue weighted by molar-refractivity contribution is 5.88. The molecule has 0 spiro atoms. The summed E-state index contributed by atoms with van der Waals surface area (Å²) in [6, 6.07) is 15.4. The summed E-state index contributed by atoms with van der Waals surface area (Å²) >= 11 is 0. The number of ether oxygens (including phenoxy) is 1. The number of hydrogen-bond donors (Lipinski definition) is 2. The van der Waals surface area contributed by atoms with Gasteiger partial charge in [-0.1, -0.05) is 12.1 Å². The van der Waals surface area contributed by atoms with E-state index in [2.05, 4.69) is 30.7 Å². The van der Waals surface area contributed by atoms with Crippen LogP contribution in [0.15, 0.2) is 66.0 Å². The number of nitrogens with one attached hydrogen (secondary N) is 2. The zero-order chi connectivity index (χ0) is 17.8. The molecule has 0 fully saturated rings. The Balaban J connectivity index is 1.52. The molecule has 0 bridgehead atoms.